The van der Waals surface area contributed by atoms with Gasteiger partial charge in [0.1, 0.15) is 5.75 Å². The summed E-state index contributed by atoms with van der Waals surface area (Å²) in [7, 11) is 1.53. The van der Waals surface area contributed by atoms with Crippen molar-refractivity contribution in [3.8, 4) is 5.75 Å². The van der Waals surface area contributed by atoms with E-state index in [0.717, 1.165) is 11.1 Å². The lowest BCUT2D eigenvalue weighted by atomic mass is 10.1. The largest absolute Gasteiger partial charge is 0.495 e. The van der Waals surface area contributed by atoms with Gasteiger partial charge in [-0.25, -0.2) is 9.37 Å². The molecule has 0 fully saturated rings. The second-order valence-corrected chi connectivity index (χ2v) is 9.34. The molecule has 1 aliphatic rings. The third kappa shape index (κ3) is 4.52. The smallest absolute Gasteiger partial charge is 0.240 e. The first-order valence-electron chi connectivity index (χ1n) is 9.30. The molecule has 1 amide bonds. The van der Waals surface area contributed by atoms with Crippen LogP contribution in [0.4, 0.5) is 33.2 Å². The Morgan fingerprint density at radius 3 is 2.65 bits per heavy atom. The van der Waals surface area contributed by atoms with Crippen molar-refractivity contribution in [1.29, 1.82) is 0 Å². The van der Waals surface area contributed by atoms with Crippen LogP contribution in [-0.2, 0) is 4.79 Å². The third-order valence-corrected chi connectivity index (χ3v) is 6.12. The summed E-state index contributed by atoms with van der Waals surface area (Å²) >= 11 is 7.61. The van der Waals surface area contributed by atoms with E-state index in [0.29, 0.717) is 27.8 Å². The number of anilines is 5. The Labute approximate surface area is 187 Å². The van der Waals surface area contributed by atoms with Crippen LogP contribution < -0.4 is 20.7 Å². The van der Waals surface area contributed by atoms with Crippen LogP contribution in [0.3, 0.4) is 0 Å². The molecule has 0 saturated carbocycles. The number of nitrogens with zero attached hydrogens (tertiary/aromatic N) is 2. The number of thioether (sulfide) groups is 1. The van der Waals surface area contributed by atoms with E-state index >= 15 is 0 Å². The van der Waals surface area contributed by atoms with Crippen molar-refractivity contribution < 1.29 is 13.9 Å². The van der Waals surface area contributed by atoms with Gasteiger partial charge in [-0.2, -0.15) is 4.98 Å². The van der Waals surface area contributed by atoms with Gasteiger partial charge in [0.15, 0.2) is 11.6 Å². The van der Waals surface area contributed by atoms with E-state index in [9.17, 15) is 9.18 Å². The van der Waals surface area contributed by atoms with Gasteiger partial charge >= 0.3 is 0 Å². The molecule has 1 aromatic heterocycles. The molecular formula is C21H19ClFN5O2S. The molecule has 0 saturated heterocycles. The van der Waals surface area contributed by atoms with Crippen LogP contribution in [0.1, 0.15) is 13.8 Å². The van der Waals surface area contributed by atoms with Crippen LogP contribution in [0.15, 0.2) is 47.5 Å². The standard InChI is InChI=1S/C21H19ClFN5O2S/c1-21(2)19(29)27-15-9-12(5-7-17(15)31-21)25-18-14(23)10-24-20(28-18)26-11-4-6-16(30-3)13(22)8-11/h4-10H,1-3H3,(H,27,29)(H2,24,25,26,28). The van der Waals surface area contributed by atoms with Gasteiger partial charge in [0.2, 0.25) is 11.9 Å². The van der Waals surface area contributed by atoms with Crippen molar-refractivity contribution in [2.24, 2.45) is 0 Å². The van der Waals surface area contributed by atoms with Crippen LogP contribution in [-0.4, -0.2) is 27.7 Å². The van der Waals surface area contributed by atoms with Gasteiger partial charge in [0.25, 0.3) is 0 Å². The van der Waals surface area contributed by atoms with Crippen LogP contribution >= 0.6 is 23.4 Å². The van der Waals surface area contributed by atoms with E-state index in [4.69, 9.17) is 16.3 Å². The molecule has 1 aliphatic heterocycles. The molecule has 7 nitrogen and oxygen atoms in total. The molecular weight excluding hydrogens is 441 g/mol. The van der Waals surface area contributed by atoms with Crippen LogP contribution in [0, 0.1) is 5.82 Å². The molecule has 10 heteroatoms. The van der Waals surface area contributed by atoms with Gasteiger partial charge < -0.3 is 20.7 Å². The first-order chi connectivity index (χ1) is 14.7. The van der Waals surface area contributed by atoms with Crippen LogP contribution in [0.2, 0.25) is 5.02 Å². The first kappa shape index (κ1) is 21.2. The maximum Gasteiger partial charge on any atom is 0.240 e. The van der Waals surface area contributed by atoms with Gasteiger partial charge in [-0.3, -0.25) is 4.79 Å². The van der Waals surface area contributed by atoms with Crippen molar-refractivity contribution in [1.82, 2.24) is 9.97 Å². The number of amides is 1. The fourth-order valence-corrected chi connectivity index (χ4v) is 4.22. The molecule has 3 aromatic rings. The summed E-state index contributed by atoms with van der Waals surface area (Å²) in [5.41, 5.74) is 1.87. The second kappa shape index (κ2) is 8.24. The van der Waals surface area contributed by atoms with Gasteiger partial charge in [0, 0.05) is 16.3 Å². The Morgan fingerprint density at radius 2 is 1.90 bits per heavy atom. The van der Waals surface area contributed by atoms with E-state index in [-0.39, 0.29) is 17.7 Å². The van der Waals surface area contributed by atoms with Crippen LogP contribution in [0.25, 0.3) is 0 Å². The first-order valence-corrected chi connectivity index (χ1v) is 10.5. The summed E-state index contributed by atoms with van der Waals surface area (Å²) in [5.74, 6) is 0.0205. The molecule has 0 aliphatic carbocycles. The number of aromatic nitrogens is 2. The van der Waals surface area contributed by atoms with Gasteiger partial charge in [-0.15, -0.1) is 11.8 Å². The highest BCUT2D eigenvalue weighted by molar-refractivity contribution is 8.01. The van der Waals surface area contributed by atoms with Crippen molar-refractivity contribution in [3.05, 3.63) is 53.4 Å². The number of rotatable bonds is 5. The molecule has 0 atom stereocenters. The Hall–Kier alpha value is -3.04. The summed E-state index contributed by atoms with van der Waals surface area (Å²) < 4.78 is 18.9. The van der Waals surface area contributed by atoms with Crippen LogP contribution in [0.5, 0.6) is 5.75 Å². The van der Waals surface area contributed by atoms with E-state index in [1.165, 1.54) is 18.9 Å². The fourth-order valence-electron chi connectivity index (χ4n) is 2.91. The molecule has 2 heterocycles. The zero-order valence-electron chi connectivity index (χ0n) is 16.9. The predicted molar refractivity (Wildman–Crippen MR) is 122 cm³/mol. The number of carbonyl (C=O) groups is 1. The third-order valence-electron chi connectivity index (χ3n) is 4.55. The molecule has 0 unspecified atom stereocenters. The van der Waals surface area contributed by atoms with Crippen molar-refractivity contribution in [2.75, 3.05) is 23.1 Å². The number of hydrogen-bond acceptors (Lipinski definition) is 7. The lowest BCUT2D eigenvalue weighted by molar-refractivity contribution is -0.117. The quantitative estimate of drug-likeness (QED) is 0.458. The number of hydrogen-bond donors (Lipinski definition) is 3. The monoisotopic (exact) mass is 459 g/mol. The average molecular weight is 460 g/mol. The van der Waals surface area contributed by atoms with E-state index in [2.05, 4.69) is 25.9 Å². The molecule has 0 radical (unpaired) electrons. The summed E-state index contributed by atoms with van der Waals surface area (Å²) in [4.78, 5) is 21.4. The fraction of sp³-hybridized carbons (Fsp3) is 0.190. The minimum Gasteiger partial charge on any atom is -0.495 e. The van der Waals surface area contributed by atoms with Gasteiger partial charge in [-0.05, 0) is 50.2 Å². The summed E-state index contributed by atoms with van der Waals surface area (Å²) in [6.45, 7) is 3.73. The normalized spacial score (nSPS) is 14.4. The Kier molecular flexibility index (Phi) is 5.63. The van der Waals surface area contributed by atoms with E-state index in [1.54, 1.807) is 30.3 Å². The average Bonchev–Trinajstić information content (AvgIpc) is 2.71. The van der Waals surface area contributed by atoms with Crippen molar-refractivity contribution in [2.45, 2.75) is 23.5 Å². The van der Waals surface area contributed by atoms with Gasteiger partial charge in [-0.1, -0.05) is 11.6 Å². The lowest BCUT2D eigenvalue weighted by Gasteiger charge is -2.30. The molecule has 0 spiro atoms. The summed E-state index contributed by atoms with van der Waals surface area (Å²) in [6, 6.07) is 10.5. The Morgan fingerprint density at radius 1 is 1.16 bits per heavy atom. The second-order valence-electron chi connectivity index (χ2n) is 7.27. The number of carbonyl (C=O) groups excluding carboxylic acids is 1. The zero-order chi connectivity index (χ0) is 22.2. The van der Waals surface area contributed by atoms with E-state index < -0.39 is 10.6 Å². The highest BCUT2D eigenvalue weighted by Crippen LogP contribution is 2.43. The molecule has 4 rings (SSSR count). The number of ether oxygens (including phenoxy) is 1. The lowest BCUT2D eigenvalue weighted by Crippen LogP contribution is -2.37. The van der Waals surface area contributed by atoms with Crippen molar-refractivity contribution >= 4 is 58.1 Å². The number of benzene rings is 2. The molecule has 160 valence electrons. The maximum atomic E-state index is 14.3. The topological polar surface area (TPSA) is 88.2 Å². The highest BCUT2D eigenvalue weighted by Gasteiger charge is 2.34. The SMILES string of the molecule is COc1ccc(Nc2ncc(F)c(Nc3ccc4c(c3)NC(=O)C(C)(C)S4)n2)cc1Cl. The molecule has 3 N–H and O–H groups in total. The number of methoxy groups -OCH3 is 1. The number of nitrogens with one attached hydrogen (secondary N) is 3. The molecule has 2 aromatic carbocycles. The summed E-state index contributed by atoms with van der Waals surface area (Å²) in [5, 5.41) is 9.24. The van der Waals surface area contributed by atoms with E-state index in [1.807, 2.05) is 19.9 Å². The number of halogens is 2. The molecule has 31 heavy (non-hydrogen) atoms. The minimum absolute atomic E-state index is 0.00724. The highest BCUT2D eigenvalue weighted by atomic mass is 35.5. The van der Waals surface area contributed by atoms with Gasteiger partial charge in [0.05, 0.1) is 28.8 Å². The zero-order valence-corrected chi connectivity index (χ0v) is 18.5. The maximum absolute atomic E-state index is 14.3. The predicted octanol–water partition coefficient (Wildman–Crippen LogP) is 5.59. The Balaban J connectivity index is 1.55. The number of fused-ring (bicyclic) bond motifs is 1. The minimum atomic E-state index is -0.615. The Bertz CT molecular complexity index is 1170. The summed E-state index contributed by atoms with van der Waals surface area (Å²) in [6.07, 6.45) is 1.07. The molecule has 0 bridgehead atoms. The van der Waals surface area contributed by atoms with Crippen molar-refractivity contribution in [3.63, 3.8) is 0 Å².